The first-order chi connectivity index (χ1) is 8.31. The van der Waals surface area contributed by atoms with Crippen molar-refractivity contribution in [1.29, 1.82) is 0 Å². The van der Waals surface area contributed by atoms with Crippen LogP contribution in [0.4, 0.5) is 11.4 Å². The first-order valence-corrected chi connectivity index (χ1v) is 7.49. The van der Waals surface area contributed by atoms with E-state index in [9.17, 15) is 14.3 Å². The first kappa shape index (κ1) is 15.2. The number of halogens is 2. The van der Waals surface area contributed by atoms with Gasteiger partial charge in [-0.1, -0.05) is 23.2 Å². The van der Waals surface area contributed by atoms with Crippen molar-refractivity contribution in [2.24, 2.45) is 0 Å². The zero-order chi connectivity index (χ0) is 13.9. The van der Waals surface area contributed by atoms with Gasteiger partial charge in [-0.25, -0.2) is 0 Å². The summed E-state index contributed by atoms with van der Waals surface area (Å²) in [5.74, 6) is 0.434. The molecule has 0 aliphatic heterocycles. The molecule has 0 spiro atoms. The minimum atomic E-state index is -0.951. The standard InChI is InChI=1S/C10H12Cl2N2O3S/c1-6(5-18(2)17)13-10-8(11)3-7(14(15)16)4-9(10)12/h3-4,6,13H,5H2,1-2H3/t6-,18+/m1/s1. The lowest BCUT2D eigenvalue weighted by molar-refractivity contribution is -0.384. The van der Waals surface area contributed by atoms with Gasteiger partial charge in [0.25, 0.3) is 5.69 Å². The van der Waals surface area contributed by atoms with Gasteiger partial charge < -0.3 is 5.32 Å². The summed E-state index contributed by atoms with van der Waals surface area (Å²) < 4.78 is 11.1. The molecular formula is C10H12Cl2N2O3S. The molecule has 1 N–H and O–H groups in total. The number of nitro benzene ring substituents is 1. The van der Waals surface area contributed by atoms with Crippen molar-refractivity contribution in [1.82, 2.24) is 0 Å². The maximum Gasteiger partial charge on any atom is 0.272 e. The van der Waals surface area contributed by atoms with Gasteiger partial charge in [0.1, 0.15) is 0 Å². The van der Waals surface area contributed by atoms with Crippen molar-refractivity contribution < 1.29 is 9.13 Å². The predicted octanol–water partition coefficient (Wildman–Crippen LogP) is 3.08. The molecule has 8 heteroatoms. The molecule has 5 nitrogen and oxygen atoms in total. The number of nitrogens with one attached hydrogen (secondary N) is 1. The quantitative estimate of drug-likeness (QED) is 0.670. The Bertz CT molecular complexity index is 473. The molecule has 0 bridgehead atoms. The van der Waals surface area contributed by atoms with Crippen LogP contribution < -0.4 is 5.32 Å². The summed E-state index contributed by atoms with van der Waals surface area (Å²) in [6.07, 6.45) is 1.59. The fourth-order valence-electron chi connectivity index (χ4n) is 1.44. The average Bonchev–Trinajstić information content (AvgIpc) is 2.21. The molecule has 0 saturated carbocycles. The molecule has 0 unspecified atom stereocenters. The van der Waals surface area contributed by atoms with E-state index in [0.717, 1.165) is 0 Å². The third-order valence-electron chi connectivity index (χ3n) is 2.11. The Balaban J connectivity index is 2.96. The molecule has 0 radical (unpaired) electrons. The summed E-state index contributed by atoms with van der Waals surface area (Å²) in [5.41, 5.74) is 0.254. The number of hydrogen-bond donors (Lipinski definition) is 1. The van der Waals surface area contributed by atoms with Gasteiger partial charge in [-0.05, 0) is 6.92 Å². The SMILES string of the molecule is C[C@H](C[S@](C)=O)Nc1c(Cl)cc([N+](=O)[O-])cc1Cl. The van der Waals surface area contributed by atoms with Gasteiger partial charge in [0.05, 0.1) is 20.7 Å². The number of non-ortho nitro benzene ring substituents is 1. The molecule has 18 heavy (non-hydrogen) atoms. The summed E-state index contributed by atoms with van der Waals surface area (Å²) in [6, 6.07) is 2.35. The maximum atomic E-state index is 11.1. The van der Waals surface area contributed by atoms with Gasteiger partial charge in [0.2, 0.25) is 0 Å². The van der Waals surface area contributed by atoms with Crippen LogP contribution in [0.15, 0.2) is 12.1 Å². The van der Waals surface area contributed by atoms with Gasteiger partial charge in [0, 0.05) is 41.0 Å². The second-order valence-corrected chi connectivity index (χ2v) is 6.12. The van der Waals surface area contributed by atoms with Gasteiger partial charge >= 0.3 is 0 Å². The molecule has 0 aromatic heterocycles. The highest BCUT2D eigenvalue weighted by Gasteiger charge is 2.16. The topological polar surface area (TPSA) is 72.2 Å². The number of rotatable bonds is 5. The summed E-state index contributed by atoms with van der Waals surface area (Å²) in [5, 5.41) is 13.9. The molecule has 0 heterocycles. The van der Waals surface area contributed by atoms with E-state index < -0.39 is 15.7 Å². The number of nitro groups is 1. The summed E-state index contributed by atoms with van der Waals surface area (Å²) in [4.78, 5) is 10.0. The first-order valence-electron chi connectivity index (χ1n) is 5.01. The molecule has 0 fully saturated rings. The Morgan fingerprint density at radius 3 is 2.33 bits per heavy atom. The normalized spacial score (nSPS) is 14.0. The van der Waals surface area contributed by atoms with Gasteiger partial charge in [-0.2, -0.15) is 0 Å². The molecule has 0 amide bonds. The Hall–Kier alpha value is -0.850. The molecular weight excluding hydrogens is 299 g/mol. The summed E-state index contributed by atoms with van der Waals surface area (Å²) in [6.45, 7) is 1.83. The Kier molecular flexibility index (Phi) is 5.37. The van der Waals surface area contributed by atoms with E-state index in [0.29, 0.717) is 11.4 Å². The average molecular weight is 311 g/mol. The van der Waals surface area contributed by atoms with Crippen LogP contribution in [0.1, 0.15) is 6.92 Å². The monoisotopic (exact) mass is 310 g/mol. The van der Waals surface area contributed by atoms with E-state index in [2.05, 4.69) is 5.32 Å². The predicted molar refractivity (Wildman–Crippen MR) is 75.1 cm³/mol. The van der Waals surface area contributed by atoms with Gasteiger partial charge in [-0.15, -0.1) is 0 Å². The van der Waals surface area contributed by atoms with Crippen molar-refractivity contribution in [3.05, 3.63) is 32.3 Å². The molecule has 2 atom stereocenters. The second kappa shape index (κ2) is 6.36. The van der Waals surface area contributed by atoms with Crippen molar-refractivity contribution in [2.75, 3.05) is 17.3 Å². The van der Waals surface area contributed by atoms with Crippen LogP contribution in [-0.2, 0) is 10.8 Å². The van der Waals surface area contributed by atoms with Crippen molar-refractivity contribution in [3.8, 4) is 0 Å². The van der Waals surface area contributed by atoms with E-state index in [-0.39, 0.29) is 21.8 Å². The molecule has 0 saturated heterocycles. The Morgan fingerprint density at radius 2 is 1.94 bits per heavy atom. The lowest BCUT2D eigenvalue weighted by atomic mass is 10.2. The van der Waals surface area contributed by atoms with Crippen LogP contribution in [0.2, 0.25) is 10.0 Å². The van der Waals surface area contributed by atoms with Crippen LogP contribution in [0, 0.1) is 10.1 Å². The minimum absolute atomic E-state index is 0.104. The highest BCUT2D eigenvalue weighted by molar-refractivity contribution is 7.84. The van der Waals surface area contributed by atoms with E-state index in [1.807, 2.05) is 6.92 Å². The minimum Gasteiger partial charge on any atom is -0.379 e. The Labute approximate surface area is 117 Å². The third-order valence-corrected chi connectivity index (χ3v) is 3.68. The zero-order valence-corrected chi connectivity index (χ0v) is 12.1. The highest BCUT2D eigenvalue weighted by Crippen LogP contribution is 2.35. The fraction of sp³-hybridized carbons (Fsp3) is 0.400. The van der Waals surface area contributed by atoms with Crippen LogP contribution in [0.25, 0.3) is 0 Å². The van der Waals surface area contributed by atoms with Crippen LogP contribution in [0.3, 0.4) is 0 Å². The number of hydrogen-bond acceptors (Lipinski definition) is 4. The van der Waals surface area contributed by atoms with Crippen LogP contribution in [-0.4, -0.2) is 27.2 Å². The van der Waals surface area contributed by atoms with Gasteiger partial charge in [0.15, 0.2) is 0 Å². The molecule has 0 aliphatic carbocycles. The molecule has 1 aromatic carbocycles. The fourth-order valence-corrected chi connectivity index (χ4v) is 2.82. The number of benzene rings is 1. The zero-order valence-electron chi connectivity index (χ0n) is 9.78. The van der Waals surface area contributed by atoms with E-state index >= 15 is 0 Å². The van der Waals surface area contributed by atoms with Crippen LogP contribution in [0.5, 0.6) is 0 Å². The second-order valence-electron chi connectivity index (χ2n) is 3.83. The van der Waals surface area contributed by atoms with Crippen molar-refractivity contribution in [2.45, 2.75) is 13.0 Å². The third kappa shape index (κ3) is 4.12. The summed E-state index contributed by atoms with van der Waals surface area (Å²) in [7, 11) is -0.951. The summed E-state index contributed by atoms with van der Waals surface area (Å²) >= 11 is 11.9. The van der Waals surface area contributed by atoms with E-state index in [4.69, 9.17) is 23.2 Å². The van der Waals surface area contributed by atoms with Crippen LogP contribution >= 0.6 is 23.2 Å². The Morgan fingerprint density at radius 1 is 1.44 bits per heavy atom. The van der Waals surface area contributed by atoms with Crippen molar-refractivity contribution >= 4 is 45.4 Å². The molecule has 1 rings (SSSR count). The largest absolute Gasteiger partial charge is 0.379 e. The molecule has 100 valence electrons. The molecule has 1 aromatic rings. The maximum absolute atomic E-state index is 11.1. The highest BCUT2D eigenvalue weighted by atomic mass is 35.5. The van der Waals surface area contributed by atoms with E-state index in [1.54, 1.807) is 6.26 Å². The lowest BCUT2D eigenvalue weighted by Crippen LogP contribution is -2.22. The smallest absolute Gasteiger partial charge is 0.272 e. The number of anilines is 1. The van der Waals surface area contributed by atoms with Crippen molar-refractivity contribution in [3.63, 3.8) is 0 Å². The molecule has 0 aliphatic rings. The van der Waals surface area contributed by atoms with Gasteiger partial charge in [-0.3, -0.25) is 14.3 Å². The van der Waals surface area contributed by atoms with E-state index in [1.165, 1.54) is 12.1 Å². The lowest BCUT2D eigenvalue weighted by Gasteiger charge is -2.16. The number of nitrogens with zero attached hydrogens (tertiary/aromatic N) is 1.